The Morgan fingerprint density at radius 3 is 2.67 bits per heavy atom. The Bertz CT molecular complexity index is 582. The zero-order valence-corrected chi connectivity index (χ0v) is 14.8. The van der Waals surface area contributed by atoms with Crippen LogP contribution in [0.1, 0.15) is 45.4 Å². The number of alkyl halides is 2. The van der Waals surface area contributed by atoms with Crippen molar-refractivity contribution in [3.05, 3.63) is 22.3 Å². The fourth-order valence-electron chi connectivity index (χ4n) is 5.47. The third-order valence-electron chi connectivity index (χ3n) is 6.62. The minimum absolute atomic E-state index is 0.137. The van der Waals surface area contributed by atoms with E-state index in [0.717, 1.165) is 13.1 Å². The smallest absolute Gasteiger partial charge is 0.251 e. The monoisotopic (exact) mass is 334 g/mol. The highest BCUT2D eigenvalue weighted by Gasteiger charge is 2.55. The summed E-state index contributed by atoms with van der Waals surface area (Å²) in [5.41, 5.74) is 12.1. The maximum absolute atomic E-state index is 13.1. The van der Waals surface area contributed by atoms with Crippen LogP contribution in [-0.4, -0.2) is 43.3 Å². The molecule has 2 N–H and O–H groups in total. The fraction of sp³-hybridized carbons (Fsp3) is 0.789. The van der Waals surface area contributed by atoms with Crippen molar-refractivity contribution in [2.45, 2.75) is 69.6 Å². The van der Waals surface area contributed by atoms with E-state index in [1.807, 2.05) is 0 Å². The Morgan fingerprint density at radius 1 is 1.21 bits per heavy atom. The van der Waals surface area contributed by atoms with E-state index in [0.29, 0.717) is 12.5 Å². The third-order valence-corrected chi connectivity index (χ3v) is 6.62. The molecule has 0 radical (unpaired) electrons. The normalized spacial score (nSPS) is 29.7. The molecule has 1 saturated heterocycles. The summed E-state index contributed by atoms with van der Waals surface area (Å²) in [5, 5.41) is 0. The number of hydrogen-bond donors (Lipinski definition) is 1. The van der Waals surface area contributed by atoms with E-state index in [2.05, 4.69) is 11.8 Å². The Labute approximate surface area is 144 Å². The zero-order valence-electron chi connectivity index (χ0n) is 14.8. The van der Waals surface area contributed by atoms with Crippen LogP contribution in [0.15, 0.2) is 22.3 Å². The number of allylic oxidation sites excluding steroid dienone is 4. The summed E-state index contributed by atoms with van der Waals surface area (Å²) in [4.78, 5) is 2.28. The van der Waals surface area contributed by atoms with Gasteiger partial charge in [-0.15, -0.1) is 0 Å². The Morgan fingerprint density at radius 2 is 1.96 bits per heavy atom. The van der Waals surface area contributed by atoms with Crippen LogP contribution < -0.4 is 5.73 Å². The van der Waals surface area contributed by atoms with Crippen molar-refractivity contribution >= 4 is 7.28 Å². The van der Waals surface area contributed by atoms with Crippen LogP contribution in [0.3, 0.4) is 0 Å². The van der Waals surface area contributed by atoms with Gasteiger partial charge in [0.25, 0.3) is 5.92 Å². The molecule has 5 heteroatoms. The summed E-state index contributed by atoms with van der Waals surface area (Å²) in [6.07, 6.45) is 7.43. The van der Waals surface area contributed by atoms with E-state index < -0.39 is 11.5 Å². The number of nitrogens with two attached hydrogens (primary N) is 1. The van der Waals surface area contributed by atoms with E-state index in [1.165, 1.54) is 45.6 Å². The second-order valence-electron chi connectivity index (χ2n) is 8.85. The highest BCUT2D eigenvalue weighted by atomic mass is 19.3. The van der Waals surface area contributed by atoms with Gasteiger partial charge in [-0.2, -0.15) is 0 Å². The molecule has 0 amide bonds. The topological polar surface area (TPSA) is 29.3 Å². The van der Waals surface area contributed by atoms with Crippen molar-refractivity contribution in [2.24, 2.45) is 11.7 Å². The number of likely N-dealkylation sites (tertiary alicyclic amines) is 1. The van der Waals surface area contributed by atoms with Crippen molar-refractivity contribution in [1.82, 2.24) is 4.90 Å². The van der Waals surface area contributed by atoms with E-state index in [-0.39, 0.29) is 12.8 Å². The highest BCUT2D eigenvalue weighted by Crippen LogP contribution is 2.45. The van der Waals surface area contributed by atoms with Gasteiger partial charge >= 0.3 is 0 Å². The molecule has 0 aromatic carbocycles. The summed E-state index contributed by atoms with van der Waals surface area (Å²) >= 11 is 0. The number of rotatable bonds is 4. The molecule has 0 spiro atoms. The van der Waals surface area contributed by atoms with Gasteiger partial charge in [-0.25, -0.2) is 8.78 Å². The number of halogens is 2. The summed E-state index contributed by atoms with van der Waals surface area (Å²) in [7, 11) is 1.35. The van der Waals surface area contributed by atoms with Gasteiger partial charge in [-0.05, 0) is 44.1 Å². The van der Waals surface area contributed by atoms with Gasteiger partial charge in [0.1, 0.15) is 7.28 Å². The minimum atomic E-state index is -2.52. The first kappa shape index (κ1) is 16.8. The maximum Gasteiger partial charge on any atom is 0.251 e. The average molecular weight is 334 g/mol. The molecule has 2 aliphatic heterocycles. The van der Waals surface area contributed by atoms with Crippen molar-refractivity contribution < 1.29 is 8.78 Å². The van der Waals surface area contributed by atoms with Gasteiger partial charge in [-0.3, -0.25) is 0 Å². The van der Waals surface area contributed by atoms with Crippen LogP contribution in [-0.2, 0) is 0 Å². The lowest BCUT2D eigenvalue weighted by Gasteiger charge is -2.51. The quantitative estimate of drug-likeness (QED) is 0.797. The van der Waals surface area contributed by atoms with Crippen LogP contribution in [0.5, 0.6) is 0 Å². The first-order valence-corrected chi connectivity index (χ1v) is 9.63. The Kier molecular flexibility index (Phi) is 4.16. The number of hydrogen-bond acceptors (Lipinski definition) is 2. The van der Waals surface area contributed by atoms with Crippen molar-refractivity contribution in [3.63, 3.8) is 0 Å². The molecule has 2 aliphatic carbocycles. The largest absolute Gasteiger partial charge is 0.324 e. The van der Waals surface area contributed by atoms with E-state index >= 15 is 0 Å². The molecular formula is C19H29BF2N2. The molecule has 4 aliphatic rings. The summed E-state index contributed by atoms with van der Waals surface area (Å²) in [6.45, 7) is 5.05. The lowest BCUT2D eigenvalue weighted by atomic mass is 9.59. The molecule has 0 bridgehead atoms. The molecule has 132 valence electrons. The average Bonchev–Trinajstić information content (AvgIpc) is 2.45. The Hall–Kier alpha value is -0.675. The fourth-order valence-corrected chi connectivity index (χ4v) is 5.47. The lowest BCUT2D eigenvalue weighted by molar-refractivity contribution is -0.134. The molecule has 0 unspecified atom stereocenters. The van der Waals surface area contributed by atoms with Crippen LogP contribution in [0, 0.1) is 5.92 Å². The van der Waals surface area contributed by atoms with Gasteiger partial charge in [0.2, 0.25) is 0 Å². The molecule has 2 fully saturated rings. The predicted molar refractivity (Wildman–Crippen MR) is 96.0 cm³/mol. The molecule has 0 atom stereocenters. The zero-order chi connectivity index (χ0) is 16.9. The number of nitrogens with zero attached hydrogens (tertiary/aromatic N) is 1. The maximum atomic E-state index is 13.1. The highest BCUT2D eigenvalue weighted by molar-refractivity contribution is 6.37. The molecule has 0 aromatic heterocycles. The van der Waals surface area contributed by atoms with E-state index in [1.54, 1.807) is 22.3 Å². The molecule has 2 heterocycles. The van der Waals surface area contributed by atoms with Gasteiger partial charge < -0.3 is 10.6 Å². The summed E-state index contributed by atoms with van der Waals surface area (Å²) < 4.78 is 26.1. The molecule has 0 aromatic rings. The van der Waals surface area contributed by atoms with E-state index in [9.17, 15) is 8.78 Å². The first-order valence-electron chi connectivity index (χ1n) is 9.63. The summed E-state index contributed by atoms with van der Waals surface area (Å²) in [5.74, 6) is -1.82. The molecule has 24 heavy (non-hydrogen) atoms. The van der Waals surface area contributed by atoms with E-state index in [4.69, 9.17) is 5.73 Å². The third kappa shape index (κ3) is 3.22. The first-order chi connectivity index (χ1) is 11.3. The standard InChI is InChI=1S/C19H29BF2N2/c1-13-16(3-2-15-4-5-20-7-17(13)15)6-14-8-24(9-14)12-18(23)10-19(21,22)11-18/h14,20H,2-12,23H2,1H3. The van der Waals surface area contributed by atoms with Crippen LogP contribution in [0.2, 0.25) is 12.6 Å². The minimum Gasteiger partial charge on any atom is -0.324 e. The molecular weight excluding hydrogens is 305 g/mol. The summed E-state index contributed by atoms with van der Waals surface area (Å²) in [6, 6.07) is 0. The van der Waals surface area contributed by atoms with Gasteiger partial charge in [-0.1, -0.05) is 29.4 Å². The second-order valence-corrected chi connectivity index (χ2v) is 8.85. The lowest BCUT2D eigenvalue weighted by Crippen LogP contribution is -2.66. The van der Waals surface area contributed by atoms with Crippen molar-refractivity contribution in [3.8, 4) is 0 Å². The van der Waals surface area contributed by atoms with Crippen LogP contribution in [0.25, 0.3) is 0 Å². The van der Waals surface area contributed by atoms with Crippen molar-refractivity contribution in [2.75, 3.05) is 19.6 Å². The second kappa shape index (κ2) is 5.94. The van der Waals surface area contributed by atoms with Crippen molar-refractivity contribution in [1.29, 1.82) is 0 Å². The molecule has 4 rings (SSSR count). The van der Waals surface area contributed by atoms with Crippen LogP contribution >= 0.6 is 0 Å². The van der Waals surface area contributed by atoms with Gasteiger partial charge in [0.05, 0.1) is 0 Å². The molecule has 1 saturated carbocycles. The van der Waals surface area contributed by atoms with Gasteiger partial charge in [0.15, 0.2) is 0 Å². The SMILES string of the molecule is CC1=C(CC2CN(CC3(N)CC(F)(F)C3)C2)CCC2=C1CBCC2. The Balaban J connectivity index is 1.29. The predicted octanol–water partition coefficient (Wildman–Crippen LogP) is 3.52. The molecule has 2 nitrogen and oxygen atoms in total. The van der Waals surface area contributed by atoms with Crippen LogP contribution in [0.4, 0.5) is 8.78 Å². The van der Waals surface area contributed by atoms with Gasteiger partial charge in [0, 0.05) is 38.0 Å².